The molecule has 2 saturated carbocycles. The van der Waals surface area contributed by atoms with Gasteiger partial charge < -0.3 is 20.9 Å². The summed E-state index contributed by atoms with van der Waals surface area (Å²) in [6, 6.07) is -3.81. The number of fused-ring (bicyclic) bond motifs is 3. The van der Waals surface area contributed by atoms with E-state index in [2.05, 4.69) is 10.6 Å². The highest BCUT2D eigenvalue weighted by Crippen LogP contribution is 2.49. The average Bonchev–Trinajstić information content (AvgIpc) is 3.66. The van der Waals surface area contributed by atoms with Crippen molar-refractivity contribution in [2.45, 2.75) is 94.1 Å². The third-order valence-corrected chi connectivity index (χ3v) is 7.98. The normalized spacial score (nSPS) is 30.0. The molecule has 0 aromatic carbocycles. The van der Waals surface area contributed by atoms with E-state index in [0.717, 1.165) is 4.90 Å². The number of hydrogen-bond acceptors (Lipinski definition) is 5. The van der Waals surface area contributed by atoms with Crippen LogP contribution in [-0.2, 0) is 19.2 Å². The third-order valence-electron chi connectivity index (χ3n) is 7.98. The van der Waals surface area contributed by atoms with Crippen LogP contribution in [-0.4, -0.2) is 71.3 Å². The molecule has 3 saturated heterocycles. The van der Waals surface area contributed by atoms with E-state index in [1.807, 2.05) is 6.07 Å². The van der Waals surface area contributed by atoms with Gasteiger partial charge in [-0.2, -0.15) is 18.4 Å². The maximum absolute atomic E-state index is 14.9. The zero-order valence-electron chi connectivity index (χ0n) is 20.5. The Hall–Kier alpha value is -2.98. The second kappa shape index (κ2) is 10.6. The summed E-state index contributed by atoms with van der Waals surface area (Å²) < 4.78 is 68.8. The van der Waals surface area contributed by atoms with Gasteiger partial charge in [-0.25, -0.2) is 8.78 Å². The summed E-state index contributed by atoms with van der Waals surface area (Å²) in [5, 5.41) is 16.4. The number of carbonyl (C=O) groups excluding carboxylic acids is 4. The topological polar surface area (TPSA) is 131 Å². The van der Waals surface area contributed by atoms with Gasteiger partial charge in [0.2, 0.25) is 17.7 Å². The highest BCUT2D eigenvalue weighted by Gasteiger charge is 2.61. The number of nitrogens with zero attached hydrogens (tertiary/aromatic N) is 2. The van der Waals surface area contributed by atoms with Crippen LogP contribution in [0.5, 0.6) is 0 Å². The first-order valence-corrected chi connectivity index (χ1v) is 12.9. The molecule has 210 valence electrons. The van der Waals surface area contributed by atoms with Gasteiger partial charge >= 0.3 is 12.1 Å². The molecule has 0 aromatic heterocycles. The van der Waals surface area contributed by atoms with E-state index in [0.29, 0.717) is 32.2 Å². The Labute approximate surface area is 215 Å². The molecule has 0 aromatic rings. The van der Waals surface area contributed by atoms with Crippen molar-refractivity contribution in [2.75, 3.05) is 6.54 Å². The predicted molar refractivity (Wildman–Crippen MR) is 120 cm³/mol. The number of hydrogen-bond donors (Lipinski definition) is 3. The summed E-state index contributed by atoms with van der Waals surface area (Å²) in [6.07, 6.45) is -3.65. The Bertz CT molecular complexity index is 1010. The van der Waals surface area contributed by atoms with Gasteiger partial charge in [-0.1, -0.05) is 12.8 Å². The second-order valence-corrected chi connectivity index (χ2v) is 10.8. The first-order chi connectivity index (χ1) is 17.8. The quantitative estimate of drug-likeness (QED) is 0.399. The van der Waals surface area contributed by atoms with Crippen LogP contribution in [0.4, 0.5) is 22.0 Å². The first-order valence-electron chi connectivity index (χ1n) is 12.9. The van der Waals surface area contributed by atoms with E-state index >= 15 is 0 Å². The van der Waals surface area contributed by atoms with Crippen LogP contribution in [0.2, 0.25) is 0 Å². The minimum atomic E-state index is -5.25. The van der Waals surface area contributed by atoms with Gasteiger partial charge in [0.25, 0.3) is 5.92 Å². The predicted octanol–water partition coefficient (Wildman–Crippen LogP) is 1.77. The number of carbonyl (C=O) groups is 4. The molecular formula is C24H30F5N5O4. The molecule has 3 aliphatic heterocycles. The number of piperidine rings is 3. The molecule has 5 fully saturated rings. The van der Waals surface area contributed by atoms with Gasteiger partial charge in [-0.05, 0) is 44.4 Å². The van der Waals surface area contributed by atoms with E-state index in [4.69, 9.17) is 0 Å². The van der Waals surface area contributed by atoms with Crippen molar-refractivity contribution in [3.05, 3.63) is 0 Å². The van der Waals surface area contributed by atoms with Crippen LogP contribution in [0.1, 0.15) is 57.8 Å². The number of nitrogens with one attached hydrogen (secondary N) is 3. The Morgan fingerprint density at radius 1 is 1.11 bits per heavy atom. The maximum atomic E-state index is 14.9. The van der Waals surface area contributed by atoms with Crippen LogP contribution in [0.25, 0.3) is 0 Å². The Kier molecular flexibility index (Phi) is 7.86. The number of nitriles is 1. The van der Waals surface area contributed by atoms with Crippen molar-refractivity contribution in [3.8, 4) is 6.07 Å². The highest BCUT2D eigenvalue weighted by molar-refractivity contribution is 5.94. The van der Waals surface area contributed by atoms with Gasteiger partial charge in [-0.15, -0.1) is 0 Å². The van der Waals surface area contributed by atoms with Crippen molar-refractivity contribution in [1.29, 1.82) is 5.26 Å². The SMILES string of the molecule is N#C[C@H](C[C@@H]1CCCNC1=O)NC(=O)[C@@H]1[C@@H]2CC[C@@H](CC2(F)F)N1C(=O)[C@@H](CC1CC1)NC(=O)C(F)(F)F. The van der Waals surface area contributed by atoms with Crippen LogP contribution in [0, 0.1) is 29.1 Å². The van der Waals surface area contributed by atoms with Crippen molar-refractivity contribution >= 4 is 23.6 Å². The van der Waals surface area contributed by atoms with E-state index in [-0.39, 0.29) is 37.5 Å². The van der Waals surface area contributed by atoms with Gasteiger partial charge in [0.1, 0.15) is 18.1 Å². The van der Waals surface area contributed by atoms with E-state index in [1.165, 1.54) is 0 Å². The molecule has 5 rings (SSSR count). The summed E-state index contributed by atoms with van der Waals surface area (Å²) in [4.78, 5) is 51.6. The molecule has 3 N–H and O–H groups in total. The summed E-state index contributed by atoms with van der Waals surface area (Å²) in [5.41, 5.74) is 0. The van der Waals surface area contributed by atoms with Crippen molar-refractivity contribution in [2.24, 2.45) is 17.8 Å². The van der Waals surface area contributed by atoms with Gasteiger partial charge in [0.05, 0.1) is 12.0 Å². The lowest BCUT2D eigenvalue weighted by Crippen LogP contribution is -2.71. The number of halogens is 5. The van der Waals surface area contributed by atoms with Gasteiger partial charge in [-0.3, -0.25) is 19.2 Å². The summed E-state index contributed by atoms with van der Waals surface area (Å²) in [5.74, 6) is -10.2. The fourth-order valence-corrected chi connectivity index (χ4v) is 5.90. The van der Waals surface area contributed by atoms with E-state index < -0.39 is 72.2 Å². The largest absolute Gasteiger partial charge is 0.471 e. The molecule has 14 heteroatoms. The number of alkyl halides is 5. The minimum Gasteiger partial charge on any atom is -0.356 e. The third kappa shape index (κ3) is 6.02. The van der Waals surface area contributed by atoms with E-state index in [1.54, 1.807) is 5.32 Å². The van der Waals surface area contributed by atoms with Crippen molar-refractivity contribution in [3.63, 3.8) is 0 Å². The molecule has 0 radical (unpaired) electrons. The smallest absolute Gasteiger partial charge is 0.356 e. The van der Waals surface area contributed by atoms with Crippen LogP contribution in [0.3, 0.4) is 0 Å². The fraction of sp³-hybridized carbons (Fsp3) is 0.792. The molecule has 3 heterocycles. The summed E-state index contributed by atoms with van der Waals surface area (Å²) in [6.45, 7) is 0.489. The Balaban J connectivity index is 1.56. The fourth-order valence-electron chi connectivity index (χ4n) is 5.90. The highest BCUT2D eigenvalue weighted by atomic mass is 19.4. The molecule has 2 aliphatic carbocycles. The molecule has 4 amide bonds. The second-order valence-electron chi connectivity index (χ2n) is 10.8. The molecule has 0 unspecified atom stereocenters. The first kappa shape index (κ1) is 28.0. The lowest BCUT2D eigenvalue weighted by atomic mass is 9.71. The molecule has 2 bridgehead atoms. The monoisotopic (exact) mass is 547 g/mol. The maximum Gasteiger partial charge on any atom is 0.471 e. The number of rotatable bonds is 8. The van der Waals surface area contributed by atoms with Crippen LogP contribution < -0.4 is 16.0 Å². The summed E-state index contributed by atoms with van der Waals surface area (Å²) >= 11 is 0. The average molecular weight is 548 g/mol. The van der Waals surface area contributed by atoms with Crippen LogP contribution in [0.15, 0.2) is 0 Å². The Morgan fingerprint density at radius 2 is 1.82 bits per heavy atom. The molecule has 38 heavy (non-hydrogen) atoms. The molecule has 0 spiro atoms. The van der Waals surface area contributed by atoms with Gasteiger partial charge in [0.15, 0.2) is 0 Å². The van der Waals surface area contributed by atoms with E-state index in [9.17, 15) is 46.4 Å². The summed E-state index contributed by atoms with van der Waals surface area (Å²) in [7, 11) is 0. The minimum absolute atomic E-state index is 0.0504. The zero-order chi connectivity index (χ0) is 27.8. The van der Waals surface area contributed by atoms with Crippen molar-refractivity contribution in [1.82, 2.24) is 20.9 Å². The number of amides is 4. The van der Waals surface area contributed by atoms with Gasteiger partial charge in [0, 0.05) is 24.9 Å². The Morgan fingerprint density at radius 3 is 2.39 bits per heavy atom. The lowest BCUT2D eigenvalue weighted by Gasteiger charge is -2.54. The standard InChI is InChI=1S/C24H30F5N5O4/c25-23(26)10-15-5-6-16(23)18(20(36)32-14(11-30)9-13-2-1-7-31-19(13)35)34(15)21(37)17(8-12-3-4-12)33-22(38)24(27,28)29/h12-18H,1-10H2,(H,31,35)(H,32,36)(H,33,38)/t13-,14-,15-,16-,17+,18-/m0/s1. The molecule has 5 aliphatic rings. The van der Waals surface area contributed by atoms with Crippen molar-refractivity contribution < 1.29 is 41.1 Å². The molecule has 9 nitrogen and oxygen atoms in total. The zero-order valence-corrected chi connectivity index (χ0v) is 20.5. The van der Waals surface area contributed by atoms with Crippen LogP contribution >= 0.6 is 0 Å². The molecular weight excluding hydrogens is 517 g/mol. The lowest BCUT2D eigenvalue weighted by molar-refractivity contribution is -0.196. The molecule has 6 atom stereocenters.